The van der Waals surface area contributed by atoms with E-state index in [1.165, 1.54) is 4.90 Å². The van der Waals surface area contributed by atoms with Crippen LogP contribution in [0.2, 0.25) is 0 Å². The lowest BCUT2D eigenvalue weighted by atomic mass is 9.94. The summed E-state index contributed by atoms with van der Waals surface area (Å²) in [5, 5.41) is 11.7. The zero-order chi connectivity index (χ0) is 30.8. The molecular formula is C36H34N4O4. The number of ether oxygens (including phenoxy) is 1. The van der Waals surface area contributed by atoms with Crippen molar-refractivity contribution < 1.29 is 19.4 Å². The molecule has 8 nitrogen and oxygen atoms in total. The lowest BCUT2D eigenvalue weighted by molar-refractivity contribution is -0.132. The lowest BCUT2D eigenvalue weighted by Crippen LogP contribution is -2.30. The number of aromatic amines is 1. The van der Waals surface area contributed by atoms with Crippen LogP contribution in [0.15, 0.2) is 103 Å². The minimum absolute atomic E-state index is 0.00315. The van der Waals surface area contributed by atoms with Gasteiger partial charge in [0.1, 0.15) is 18.1 Å². The van der Waals surface area contributed by atoms with Gasteiger partial charge in [-0.1, -0.05) is 54.6 Å². The van der Waals surface area contributed by atoms with Gasteiger partial charge in [0, 0.05) is 24.3 Å². The van der Waals surface area contributed by atoms with Gasteiger partial charge in [-0.05, 0) is 79.9 Å². The van der Waals surface area contributed by atoms with Gasteiger partial charge in [-0.15, -0.1) is 0 Å². The van der Waals surface area contributed by atoms with Crippen molar-refractivity contribution in [2.24, 2.45) is 0 Å². The van der Waals surface area contributed by atoms with Crippen LogP contribution in [0, 0.1) is 6.92 Å². The standard InChI is InChI=1S/C36H34N4O4/c1-4-39(5-2)27-18-15-25(16-19-27)32-31(34(42)35(43)40(32)36-37-28-13-9-10-14-29(28)38-36)33(41)26-17-20-30(23(3)21-26)44-22-24-11-7-6-8-12-24/h6-21,32,41H,4-5,22H2,1-3H3,(H,37,38)/b33-31+. The lowest BCUT2D eigenvalue weighted by Gasteiger charge is -2.25. The number of ketones is 1. The highest BCUT2D eigenvalue weighted by atomic mass is 16.5. The number of anilines is 2. The largest absolute Gasteiger partial charge is 0.507 e. The topological polar surface area (TPSA) is 98.8 Å². The van der Waals surface area contributed by atoms with Crippen molar-refractivity contribution in [3.05, 3.63) is 125 Å². The molecule has 1 fully saturated rings. The summed E-state index contributed by atoms with van der Waals surface area (Å²) in [6, 6.07) is 29.4. The summed E-state index contributed by atoms with van der Waals surface area (Å²) in [5.41, 5.74) is 5.37. The van der Waals surface area contributed by atoms with Crippen LogP contribution in [0.1, 0.15) is 42.1 Å². The third kappa shape index (κ3) is 5.30. The number of H-pyrrole nitrogens is 1. The molecule has 1 unspecified atom stereocenters. The SMILES string of the molecule is CCN(CC)c1ccc(C2/C(=C(\O)c3ccc(OCc4ccccc4)c(C)c3)C(=O)C(=O)N2c2nc3ccccc3[nH]2)cc1. The summed E-state index contributed by atoms with van der Waals surface area (Å²) in [6.07, 6.45) is 0. The van der Waals surface area contributed by atoms with Gasteiger partial charge in [-0.3, -0.25) is 14.5 Å². The number of aryl methyl sites for hydroxylation is 1. The Hall–Kier alpha value is -5.37. The van der Waals surface area contributed by atoms with Gasteiger partial charge < -0.3 is 19.7 Å². The molecular weight excluding hydrogens is 552 g/mol. The number of aliphatic hydroxyl groups excluding tert-OH is 1. The van der Waals surface area contributed by atoms with Gasteiger partial charge in [0.05, 0.1) is 22.6 Å². The van der Waals surface area contributed by atoms with E-state index >= 15 is 0 Å². The van der Waals surface area contributed by atoms with E-state index in [0.717, 1.165) is 35.4 Å². The molecule has 0 aliphatic carbocycles. The fourth-order valence-corrected chi connectivity index (χ4v) is 5.73. The Morgan fingerprint density at radius 1 is 0.932 bits per heavy atom. The third-order valence-corrected chi connectivity index (χ3v) is 8.07. The number of aromatic nitrogens is 2. The van der Waals surface area contributed by atoms with Crippen LogP contribution in [0.3, 0.4) is 0 Å². The number of benzene rings is 4. The van der Waals surface area contributed by atoms with Crippen molar-refractivity contribution in [3.8, 4) is 5.75 Å². The average Bonchev–Trinajstić information content (AvgIpc) is 3.59. The number of carbonyl (C=O) groups is 2. The van der Waals surface area contributed by atoms with Crippen LogP contribution in [-0.2, 0) is 16.2 Å². The molecule has 2 heterocycles. The van der Waals surface area contributed by atoms with E-state index in [1.54, 1.807) is 18.2 Å². The molecule has 1 aromatic heterocycles. The Balaban J connectivity index is 1.42. The summed E-state index contributed by atoms with van der Waals surface area (Å²) in [6.45, 7) is 8.16. The van der Waals surface area contributed by atoms with Crippen LogP contribution in [0.4, 0.5) is 11.6 Å². The van der Waals surface area contributed by atoms with Crippen molar-refractivity contribution in [1.82, 2.24) is 9.97 Å². The summed E-state index contributed by atoms with van der Waals surface area (Å²) in [4.78, 5) is 38.8. The number of carbonyl (C=O) groups excluding carboxylic acids is 2. The maximum absolute atomic E-state index is 13.7. The minimum atomic E-state index is -0.893. The predicted molar refractivity (Wildman–Crippen MR) is 173 cm³/mol. The molecule has 5 aromatic rings. The molecule has 0 saturated carbocycles. The van der Waals surface area contributed by atoms with Crippen molar-refractivity contribution >= 4 is 40.1 Å². The summed E-state index contributed by atoms with van der Waals surface area (Å²) in [7, 11) is 0. The molecule has 6 rings (SSSR count). The van der Waals surface area contributed by atoms with Crippen molar-refractivity contribution in [3.63, 3.8) is 0 Å². The first-order valence-electron chi connectivity index (χ1n) is 14.8. The first kappa shape index (κ1) is 28.7. The highest BCUT2D eigenvalue weighted by molar-refractivity contribution is 6.51. The number of imidazole rings is 1. The van der Waals surface area contributed by atoms with Crippen molar-refractivity contribution in [1.29, 1.82) is 0 Å². The second-order valence-corrected chi connectivity index (χ2v) is 10.8. The molecule has 1 atom stereocenters. The Morgan fingerprint density at radius 3 is 2.32 bits per heavy atom. The number of hydrogen-bond acceptors (Lipinski definition) is 6. The molecule has 0 bridgehead atoms. The fourth-order valence-electron chi connectivity index (χ4n) is 5.73. The Bertz CT molecular complexity index is 1820. The highest BCUT2D eigenvalue weighted by Gasteiger charge is 2.48. The summed E-state index contributed by atoms with van der Waals surface area (Å²) in [5.74, 6) is -0.883. The van der Waals surface area contributed by atoms with Crippen LogP contribution in [-0.4, -0.2) is 39.9 Å². The smallest absolute Gasteiger partial charge is 0.302 e. The third-order valence-electron chi connectivity index (χ3n) is 8.07. The van der Waals surface area contributed by atoms with Crippen LogP contribution >= 0.6 is 0 Å². The number of para-hydroxylation sites is 2. The van der Waals surface area contributed by atoms with E-state index in [4.69, 9.17) is 4.74 Å². The van der Waals surface area contributed by atoms with E-state index in [-0.39, 0.29) is 17.3 Å². The normalized spacial score (nSPS) is 16.1. The molecule has 8 heteroatoms. The molecule has 1 aliphatic rings. The molecule has 0 radical (unpaired) electrons. The number of aliphatic hydroxyl groups is 1. The number of rotatable bonds is 9. The Labute approximate surface area is 256 Å². The zero-order valence-electron chi connectivity index (χ0n) is 24.9. The van der Waals surface area contributed by atoms with E-state index in [2.05, 4.69) is 28.7 Å². The van der Waals surface area contributed by atoms with Crippen LogP contribution in [0.5, 0.6) is 5.75 Å². The van der Waals surface area contributed by atoms with Gasteiger partial charge in [0.2, 0.25) is 5.95 Å². The predicted octanol–water partition coefficient (Wildman–Crippen LogP) is 6.92. The van der Waals surface area contributed by atoms with Gasteiger partial charge in [0.25, 0.3) is 5.78 Å². The number of hydrogen-bond donors (Lipinski definition) is 2. The van der Waals surface area contributed by atoms with E-state index < -0.39 is 17.7 Å². The average molecular weight is 587 g/mol. The van der Waals surface area contributed by atoms with E-state index in [0.29, 0.717) is 29.0 Å². The van der Waals surface area contributed by atoms with E-state index in [9.17, 15) is 14.7 Å². The molecule has 222 valence electrons. The van der Waals surface area contributed by atoms with E-state index in [1.807, 2.05) is 85.8 Å². The first-order chi connectivity index (χ1) is 21.4. The van der Waals surface area contributed by atoms with Crippen molar-refractivity contribution in [2.75, 3.05) is 22.9 Å². The van der Waals surface area contributed by atoms with Gasteiger partial charge in [-0.25, -0.2) is 4.98 Å². The number of nitrogens with zero attached hydrogens (tertiary/aromatic N) is 3. The zero-order valence-corrected chi connectivity index (χ0v) is 24.9. The van der Waals surface area contributed by atoms with Gasteiger partial charge >= 0.3 is 5.91 Å². The van der Waals surface area contributed by atoms with Gasteiger partial charge in [0.15, 0.2) is 0 Å². The van der Waals surface area contributed by atoms with Crippen molar-refractivity contribution in [2.45, 2.75) is 33.4 Å². The number of nitrogens with one attached hydrogen (secondary N) is 1. The molecule has 2 N–H and O–H groups in total. The van der Waals surface area contributed by atoms with Crippen LogP contribution < -0.4 is 14.5 Å². The number of amides is 1. The second-order valence-electron chi connectivity index (χ2n) is 10.8. The summed E-state index contributed by atoms with van der Waals surface area (Å²) < 4.78 is 6.02. The first-order valence-corrected chi connectivity index (χ1v) is 14.8. The second kappa shape index (κ2) is 12.1. The molecule has 44 heavy (non-hydrogen) atoms. The number of fused-ring (bicyclic) bond motifs is 1. The maximum atomic E-state index is 13.7. The molecule has 4 aromatic carbocycles. The maximum Gasteiger partial charge on any atom is 0.302 e. The number of Topliss-reactive ketones (excluding diaryl/α,β-unsaturated/α-hetero) is 1. The fraction of sp³-hybridized carbons (Fsp3) is 0.194. The minimum Gasteiger partial charge on any atom is -0.507 e. The Kier molecular flexibility index (Phi) is 7.89. The summed E-state index contributed by atoms with van der Waals surface area (Å²) >= 11 is 0. The van der Waals surface area contributed by atoms with Crippen LogP contribution in [0.25, 0.3) is 16.8 Å². The molecule has 1 saturated heterocycles. The monoisotopic (exact) mass is 586 g/mol. The van der Waals surface area contributed by atoms with Gasteiger partial charge in [-0.2, -0.15) is 0 Å². The highest BCUT2D eigenvalue weighted by Crippen LogP contribution is 2.42. The quantitative estimate of drug-likeness (QED) is 0.111. The molecule has 1 amide bonds. The molecule has 1 aliphatic heterocycles. The molecule has 0 spiro atoms. The Morgan fingerprint density at radius 2 is 1.64 bits per heavy atom.